The zero-order valence-electron chi connectivity index (χ0n) is 8.34. The van der Waals surface area contributed by atoms with Crippen molar-refractivity contribution >= 4 is 5.78 Å². The van der Waals surface area contributed by atoms with Crippen molar-refractivity contribution in [2.75, 3.05) is 13.1 Å². The monoisotopic (exact) mass is 169 g/mol. The summed E-state index contributed by atoms with van der Waals surface area (Å²) in [6, 6.07) is 0.517. The third-order valence-electron chi connectivity index (χ3n) is 2.70. The fourth-order valence-corrected chi connectivity index (χ4v) is 1.74. The fourth-order valence-electron chi connectivity index (χ4n) is 1.74. The third-order valence-corrected chi connectivity index (χ3v) is 2.70. The Morgan fingerprint density at radius 1 is 1.58 bits per heavy atom. The lowest BCUT2D eigenvalue weighted by molar-refractivity contribution is -0.124. The molecule has 0 amide bonds. The van der Waals surface area contributed by atoms with Crippen LogP contribution in [-0.2, 0) is 4.79 Å². The lowest BCUT2D eigenvalue weighted by Gasteiger charge is -2.34. The van der Waals surface area contributed by atoms with E-state index in [-0.39, 0.29) is 0 Å². The van der Waals surface area contributed by atoms with E-state index in [0.717, 1.165) is 19.4 Å². The van der Waals surface area contributed by atoms with Gasteiger partial charge < -0.3 is 0 Å². The molecule has 1 aliphatic rings. The van der Waals surface area contributed by atoms with Gasteiger partial charge in [0.15, 0.2) is 0 Å². The van der Waals surface area contributed by atoms with Gasteiger partial charge in [-0.15, -0.1) is 0 Å². The smallest absolute Gasteiger partial charge is 0.147 e. The van der Waals surface area contributed by atoms with Crippen molar-refractivity contribution in [2.45, 2.75) is 39.7 Å². The Morgan fingerprint density at radius 2 is 2.25 bits per heavy atom. The number of hydrogen-bond donors (Lipinski definition) is 0. The second-order valence-corrected chi connectivity index (χ2v) is 4.04. The van der Waals surface area contributed by atoms with E-state index in [2.05, 4.69) is 25.7 Å². The normalized spacial score (nSPS) is 26.7. The number of nitrogens with zero attached hydrogens (tertiary/aromatic N) is 1. The van der Waals surface area contributed by atoms with E-state index in [4.69, 9.17) is 0 Å². The zero-order valence-corrected chi connectivity index (χ0v) is 8.34. The highest BCUT2D eigenvalue weighted by Gasteiger charge is 2.25. The molecule has 0 aromatic rings. The van der Waals surface area contributed by atoms with Gasteiger partial charge in [-0.05, 0) is 19.8 Å². The molecule has 0 aromatic carbocycles. The summed E-state index contributed by atoms with van der Waals surface area (Å²) in [5.41, 5.74) is 0. The summed E-state index contributed by atoms with van der Waals surface area (Å²) in [5.74, 6) is 1.02. The predicted molar refractivity (Wildman–Crippen MR) is 50.1 cm³/mol. The van der Waals surface area contributed by atoms with Gasteiger partial charge in [0.1, 0.15) is 5.78 Å². The summed E-state index contributed by atoms with van der Waals surface area (Å²) in [6.45, 7) is 8.27. The maximum Gasteiger partial charge on any atom is 0.147 e. The van der Waals surface area contributed by atoms with Crippen molar-refractivity contribution in [3.05, 3.63) is 0 Å². The predicted octanol–water partition coefficient (Wildman–Crippen LogP) is 1.70. The first kappa shape index (κ1) is 9.72. The van der Waals surface area contributed by atoms with E-state index in [1.54, 1.807) is 0 Å². The van der Waals surface area contributed by atoms with E-state index in [9.17, 15) is 4.79 Å². The zero-order chi connectivity index (χ0) is 9.14. The number of Topliss-reactive ketones (excluding diaryl/α,β-unsaturated/α-hetero) is 1. The molecule has 1 rings (SSSR count). The van der Waals surface area contributed by atoms with Gasteiger partial charge in [-0.2, -0.15) is 0 Å². The molecule has 1 atom stereocenters. The van der Waals surface area contributed by atoms with Crippen LogP contribution in [0.2, 0.25) is 0 Å². The quantitative estimate of drug-likeness (QED) is 0.627. The first-order valence-corrected chi connectivity index (χ1v) is 4.89. The molecule has 0 aromatic heterocycles. The van der Waals surface area contributed by atoms with Crippen LogP contribution >= 0.6 is 0 Å². The highest BCUT2D eigenvalue weighted by molar-refractivity contribution is 5.81. The minimum atomic E-state index is 0.418. The van der Waals surface area contributed by atoms with Gasteiger partial charge in [0.2, 0.25) is 0 Å². The molecule has 1 heterocycles. The Morgan fingerprint density at radius 3 is 2.75 bits per heavy atom. The molecule has 1 unspecified atom stereocenters. The Kier molecular flexibility index (Phi) is 3.27. The molecule has 1 saturated heterocycles. The molecule has 0 N–H and O–H groups in total. The fraction of sp³-hybridized carbons (Fsp3) is 0.900. The standard InChI is InChI=1S/C10H19NO/c1-4-9-5-10(12)7-11(6-9)8(2)3/h8-9H,4-7H2,1-3H3. The first-order chi connectivity index (χ1) is 5.63. The molecule has 12 heavy (non-hydrogen) atoms. The van der Waals surface area contributed by atoms with Crippen LogP contribution in [-0.4, -0.2) is 29.8 Å². The number of piperidine rings is 1. The number of hydrogen-bond acceptors (Lipinski definition) is 2. The maximum atomic E-state index is 11.3. The van der Waals surface area contributed by atoms with E-state index in [0.29, 0.717) is 24.3 Å². The minimum absolute atomic E-state index is 0.418. The molecule has 0 spiro atoms. The summed E-state index contributed by atoms with van der Waals surface area (Å²) in [7, 11) is 0. The first-order valence-electron chi connectivity index (χ1n) is 4.89. The van der Waals surface area contributed by atoms with Crippen molar-refractivity contribution in [2.24, 2.45) is 5.92 Å². The minimum Gasteiger partial charge on any atom is -0.298 e. The third kappa shape index (κ3) is 2.31. The van der Waals surface area contributed by atoms with Gasteiger partial charge in [0.25, 0.3) is 0 Å². The molecular weight excluding hydrogens is 150 g/mol. The lowest BCUT2D eigenvalue weighted by atomic mass is 9.94. The van der Waals surface area contributed by atoms with Crippen molar-refractivity contribution in [3.8, 4) is 0 Å². The molecular formula is C10H19NO. The topological polar surface area (TPSA) is 20.3 Å². The Labute approximate surface area is 74.9 Å². The highest BCUT2D eigenvalue weighted by atomic mass is 16.1. The van der Waals surface area contributed by atoms with E-state index >= 15 is 0 Å². The van der Waals surface area contributed by atoms with Gasteiger partial charge in [0.05, 0.1) is 6.54 Å². The van der Waals surface area contributed by atoms with Crippen LogP contribution in [0.15, 0.2) is 0 Å². The summed E-state index contributed by atoms with van der Waals surface area (Å²) < 4.78 is 0. The van der Waals surface area contributed by atoms with Crippen LogP contribution in [0.25, 0.3) is 0 Å². The molecule has 0 radical (unpaired) electrons. The van der Waals surface area contributed by atoms with Crippen LogP contribution in [0.1, 0.15) is 33.6 Å². The van der Waals surface area contributed by atoms with Crippen LogP contribution in [0, 0.1) is 5.92 Å². The summed E-state index contributed by atoms with van der Waals surface area (Å²) >= 11 is 0. The molecule has 70 valence electrons. The largest absolute Gasteiger partial charge is 0.298 e. The molecule has 2 heteroatoms. The Bertz CT molecular complexity index is 165. The van der Waals surface area contributed by atoms with Gasteiger partial charge in [-0.25, -0.2) is 0 Å². The van der Waals surface area contributed by atoms with Crippen molar-refractivity contribution in [3.63, 3.8) is 0 Å². The van der Waals surface area contributed by atoms with Crippen LogP contribution in [0.4, 0.5) is 0 Å². The highest BCUT2D eigenvalue weighted by Crippen LogP contribution is 2.18. The second-order valence-electron chi connectivity index (χ2n) is 4.04. The van der Waals surface area contributed by atoms with Gasteiger partial charge in [-0.1, -0.05) is 13.3 Å². The average Bonchev–Trinajstić information content (AvgIpc) is 2.03. The van der Waals surface area contributed by atoms with Gasteiger partial charge >= 0.3 is 0 Å². The summed E-state index contributed by atoms with van der Waals surface area (Å²) in [4.78, 5) is 13.6. The molecule has 0 bridgehead atoms. The van der Waals surface area contributed by atoms with E-state index < -0.39 is 0 Å². The number of carbonyl (C=O) groups excluding carboxylic acids is 1. The molecule has 0 saturated carbocycles. The Hall–Kier alpha value is -0.370. The van der Waals surface area contributed by atoms with E-state index in [1.807, 2.05) is 0 Å². The summed E-state index contributed by atoms with van der Waals surface area (Å²) in [6.07, 6.45) is 1.94. The van der Waals surface area contributed by atoms with Crippen LogP contribution < -0.4 is 0 Å². The average molecular weight is 169 g/mol. The molecule has 2 nitrogen and oxygen atoms in total. The summed E-state index contributed by atoms with van der Waals surface area (Å²) in [5, 5.41) is 0. The van der Waals surface area contributed by atoms with Gasteiger partial charge in [-0.3, -0.25) is 9.69 Å². The number of carbonyl (C=O) groups is 1. The maximum absolute atomic E-state index is 11.3. The SMILES string of the molecule is CCC1CC(=O)CN(C(C)C)C1. The molecule has 1 aliphatic heterocycles. The van der Waals surface area contributed by atoms with Crippen molar-refractivity contribution in [1.82, 2.24) is 4.90 Å². The van der Waals surface area contributed by atoms with Crippen LogP contribution in [0.5, 0.6) is 0 Å². The van der Waals surface area contributed by atoms with Gasteiger partial charge in [0, 0.05) is 19.0 Å². The second kappa shape index (κ2) is 4.04. The van der Waals surface area contributed by atoms with Crippen molar-refractivity contribution in [1.29, 1.82) is 0 Å². The molecule has 0 aliphatic carbocycles. The Balaban J connectivity index is 2.51. The number of ketones is 1. The van der Waals surface area contributed by atoms with Crippen molar-refractivity contribution < 1.29 is 4.79 Å². The van der Waals surface area contributed by atoms with E-state index in [1.165, 1.54) is 0 Å². The number of likely N-dealkylation sites (tertiary alicyclic amines) is 1. The lowest BCUT2D eigenvalue weighted by Crippen LogP contribution is -2.44. The number of rotatable bonds is 2. The molecule has 1 fully saturated rings. The van der Waals surface area contributed by atoms with Crippen LogP contribution in [0.3, 0.4) is 0 Å².